The molecule has 0 radical (unpaired) electrons. The lowest BCUT2D eigenvalue weighted by molar-refractivity contribution is -0.119. The molecule has 0 bridgehead atoms. The SMILES string of the molecule is C=CCOc1ccc(/C=N\NC(=O)CN(c2cccc(Cl)c2)S(C)(=O)=O)cc1OCC. The van der Waals surface area contributed by atoms with E-state index in [0.29, 0.717) is 35.3 Å². The van der Waals surface area contributed by atoms with Gasteiger partial charge < -0.3 is 9.47 Å². The number of hydrazone groups is 1. The first-order chi connectivity index (χ1) is 14.7. The standard InChI is InChI=1S/C21H24ClN3O5S/c1-4-11-30-19-10-9-16(12-20(19)29-5-2)14-23-24-21(26)15-25(31(3,27)28)18-8-6-7-17(22)13-18/h4,6-10,12-14H,1,5,11,15H2,2-3H3,(H,24,26)/b23-14-. The first-order valence-corrected chi connectivity index (χ1v) is 11.5. The van der Waals surface area contributed by atoms with E-state index in [-0.39, 0.29) is 5.69 Å². The minimum atomic E-state index is -3.71. The Labute approximate surface area is 187 Å². The number of rotatable bonds is 11. The third-order valence-corrected chi connectivity index (χ3v) is 5.19. The Morgan fingerprint density at radius 1 is 1.23 bits per heavy atom. The highest BCUT2D eigenvalue weighted by Crippen LogP contribution is 2.28. The summed E-state index contributed by atoms with van der Waals surface area (Å²) in [5.41, 5.74) is 3.26. The van der Waals surface area contributed by atoms with Crippen LogP contribution in [0.1, 0.15) is 12.5 Å². The second-order valence-corrected chi connectivity index (χ2v) is 8.62. The third-order valence-electron chi connectivity index (χ3n) is 3.81. The van der Waals surface area contributed by atoms with Crippen LogP contribution in [0.2, 0.25) is 5.02 Å². The van der Waals surface area contributed by atoms with Crippen molar-refractivity contribution in [2.24, 2.45) is 5.10 Å². The summed E-state index contributed by atoms with van der Waals surface area (Å²) >= 11 is 5.93. The number of carbonyl (C=O) groups excluding carboxylic acids is 1. The van der Waals surface area contributed by atoms with Crippen LogP contribution in [0.25, 0.3) is 0 Å². The van der Waals surface area contributed by atoms with E-state index in [1.807, 2.05) is 6.92 Å². The molecule has 8 nitrogen and oxygen atoms in total. The summed E-state index contributed by atoms with van der Waals surface area (Å²) in [5, 5.41) is 4.25. The van der Waals surface area contributed by atoms with E-state index in [9.17, 15) is 13.2 Å². The van der Waals surface area contributed by atoms with Crippen molar-refractivity contribution < 1.29 is 22.7 Å². The summed E-state index contributed by atoms with van der Waals surface area (Å²) in [6.07, 6.45) is 4.06. The molecular formula is C21H24ClN3O5S. The number of halogens is 1. The van der Waals surface area contributed by atoms with Crippen molar-refractivity contribution in [3.05, 3.63) is 65.7 Å². The molecule has 0 saturated heterocycles. The first-order valence-electron chi connectivity index (χ1n) is 9.30. The molecule has 1 amide bonds. The van der Waals surface area contributed by atoms with Crippen molar-refractivity contribution in [3.8, 4) is 11.5 Å². The van der Waals surface area contributed by atoms with Crippen LogP contribution in [0.3, 0.4) is 0 Å². The predicted octanol–water partition coefficient (Wildman–Crippen LogP) is 3.22. The van der Waals surface area contributed by atoms with E-state index in [1.54, 1.807) is 42.5 Å². The zero-order valence-electron chi connectivity index (χ0n) is 17.2. The smallest absolute Gasteiger partial charge is 0.260 e. The number of hydrogen-bond acceptors (Lipinski definition) is 6. The zero-order chi connectivity index (χ0) is 22.9. The van der Waals surface area contributed by atoms with Gasteiger partial charge in [-0.1, -0.05) is 30.3 Å². The van der Waals surface area contributed by atoms with Crippen LogP contribution in [0.4, 0.5) is 5.69 Å². The molecular weight excluding hydrogens is 442 g/mol. The number of hydrogen-bond donors (Lipinski definition) is 1. The van der Waals surface area contributed by atoms with Gasteiger partial charge in [0.05, 0.1) is 24.8 Å². The van der Waals surface area contributed by atoms with Crippen LogP contribution < -0.4 is 19.2 Å². The van der Waals surface area contributed by atoms with E-state index in [0.717, 1.165) is 10.6 Å². The second kappa shape index (κ2) is 11.4. The molecule has 1 N–H and O–H groups in total. The normalized spacial score (nSPS) is 11.2. The van der Waals surface area contributed by atoms with Gasteiger partial charge in [-0.2, -0.15) is 5.10 Å². The fraction of sp³-hybridized carbons (Fsp3) is 0.238. The highest BCUT2D eigenvalue weighted by atomic mass is 35.5. The lowest BCUT2D eigenvalue weighted by Crippen LogP contribution is -2.39. The molecule has 0 aliphatic heterocycles. The van der Waals surface area contributed by atoms with E-state index in [4.69, 9.17) is 21.1 Å². The van der Waals surface area contributed by atoms with Gasteiger partial charge in [-0.15, -0.1) is 0 Å². The van der Waals surface area contributed by atoms with Gasteiger partial charge >= 0.3 is 0 Å². The summed E-state index contributed by atoms with van der Waals surface area (Å²) in [5.74, 6) is 0.481. The fourth-order valence-electron chi connectivity index (χ4n) is 2.52. The lowest BCUT2D eigenvalue weighted by Gasteiger charge is -2.21. The van der Waals surface area contributed by atoms with Crippen molar-refractivity contribution in [2.75, 3.05) is 30.3 Å². The molecule has 0 fully saturated rings. The first kappa shape index (κ1) is 24.2. The summed E-state index contributed by atoms with van der Waals surface area (Å²) in [7, 11) is -3.71. The highest BCUT2D eigenvalue weighted by Gasteiger charge is 2.20. The van der Waals surface area contributed by atoms with Crippen molar-refractivity contribution in [3.63, 3.8) is 0 Å². The molecule has 0 heterocycles. The monoisotopic (exact) mass is 465 g/mol. The summed E-state index contributed by atoms with van der Waals surface area (Å²) in [6.45, 7) is 5.81. The summed E-state index contributed by atoms with van der Waals surface area (Å²) < 4.78 is 36.3. The topological polar surface area (TPSA) is 97.3 Å². The maximum atomic E-state index is 12.3. The molecule has 0 aliphatic carbocycles. The Morgan fingerprint density at radius 3 is 2.65 bits per heavy atom. The number of ether oxygens (including phenoxy) is 2. The van der Waals surface area contributed by atoms with Crippen LogP contribution in [0.5, 0.6) is 11.5 Å². The maximum Gasteiger partial charge on any atom is 0.260 e. The van der Waals surface area contributed by atoms with Crippen molar-refractivity contribution in [1.29, 1.82) is 0 Å². The van der Waals surface area contributed by atoms with Gasteiger partial charge in [0.2, 0.25) is 10.0 Å². The minimum Gasteiger partial charge on any atom is -0.490 e. The largest absolute Gasteiger partial charge is 0.490 e. The molecule has 31 heavy (non-hydrogen) atoms. The molecule has 10 heteroatoms. The van der Waals surface area contributed by atoms with Gasteiger partial charge in [0.25, 0.3) is 5.91 Å². The number of sulfonamides is 1. The quantitative estimate of drug-likeness (QED) is 0.312. The Hall–Kier alpha value is -3.04. The number of anilines is 1. The number of amides is 1. The van der Waals surface area contributed by atoms with Crippen molar-refractivity contribution in [2.45, 2.75) is 6.92 Å². The molecule has 2 aromatic carbocycles. The molecule has 0 unspecified atom stereocenters. The van der Waals surface area contributed by atoms with E-state index >= 15 is 0 Å². The van der Waals surface area contributed by atoms with Gasteiger partial charge in [0.1, 0.15) is 13.2 Å². The zero-order valence-corrected chi connectivity index (χ0v) is 18.8. The summed E-state index contributed by atoms with van der Waals surface area (Å²) in [4.78, 5) is 12.3. The van der Waals surface area contributed by atoms with Gasteiger partial charge in [0, 0.05) is 5.02 Å². The highest BCUT2D eigenvalue weighted by molar-refractivity contribution is 7.92. The van der Waals surface area contributed by atoms with Gasteiger partial charge in [-0.3, -0.25) is 9.10 Å². The Kier molecular flexibility index (Phi) is 8.89. The average Bonchev–Trinajstić information content (AvgIpc) is 2.71. The molecule has 166 valence electrons. The van der Waals surface area contributed by atoms with Crippen molar-refractivity contribution in [1.82, 2.24) is 5.43 Å². The minimum absolute atomic E-state index is 0.283. The molecule has 2 rings (SSSR count). The molecule has 0 aromatic heterocycles. The Bertz CT molecular complexity index is 1060. The van der Waals surface area contributed by atoms with Crippen LogP contribution in [-0.2, 0) is 14.8 Å². The predicted molar refractivity (Wildman–Crippen MR) is 123 cm³/mol. The molecule has 2 aromatic rings. The van der Waals surface area contributed by atoms with Crippen LogP contribution in [0, 0.1) is 0 Å². The lowest BCUT2D eigenvalue weighted by atomic mass is 10.2. The molecule has 0 aliphatic rings. The number of nitrogens with zero attached hydrogens (tertiary/aromatic N) is 2. The van der Waals surface area contributed by atoms with E-state index in [2.05, 4.69) is 17.1 Å². The summed E-state index contributed by atoms with van der Waals surface area (Å²) in [6, 6.07) is 11.4. The third kappa shape index (κ3) is 7.62. The van der Waals surface area contributed by atoms with E-state index < -0.39 is 22.5 Å². The fourth-order valence-corrected chi connectivity index (χ4v) is 3.55. The molecule has 0 atom stereocenters. The van der Waals surface area contributed by atoms with Gasteiger partial charge in [0.15, 0.2) is 11.5 Å². The molecule has 0 spiro atoms. The average molecular weight is 466 g/mol. The van der Waals surface area contributed by atoms with Crippen LogP contribution in [-0.4, -0.2) is 46.6 Å². The Balaban J connectivity index is 2.08. The number of carbonyl (C=O) groups is 1. The van der Waals surface area contributed by atoms with Crippen LogP contribution >= 0.6 is 11.6 Å². The van der Waals surface area contributed by atoms with Crippen molar-refractivity contribution >= 4 is 39.4 Å². The van der Waals surface area contributed by atoms with Crippen LogP contribution in [0.15, 0.2) is 60.2 Å². The second-order valence-electron chi connectivity index (χ2n) is 6.28. The number of benzene rings is 2. The maximum absolute atomic E-state index is 12.3. The number of nitrogens with one attached hydrogen (secondary N) is 1. The van der Waals surface area contributed by atoms with Gasteiger partial charge in [-0.25, -0.2) is 13.8 Å². The van der Waals surface area contributed by atoms with Gasteiger partial charge in [-0.05, 0) is 48.9 Å². The molecule has 0 saturated carbocycles. The van der Waals surface area contributed by atoms with E-state index in [1.165, 1.54) is 12.3 Å². The Morgan fingerprint density at radius 2 is 2.00 bits per heavy atom.